The highest BCUT2D eigenvalue weighted by Gasteiger charge is 2.25. The highest BCUT2D eigenvalue weighted by molar-refractivity contribution is 5.94. The van der Waals surface area contributed by atoms with Crippen LogP contribution in [-0.4, -0.2) is 21.2 Å². The number of aromatic nitrogens is 2. The number of rotatable bonds is 4. The van der Waals surface area contributed by atoms with E-state index >= 15 is 0 Å². The number of fused-ring (bicyclic) bond motifs is 1. The number of aryl methyl sites for hydroxylation is 2. The summed E-state index contributed by atoms with van der Waals surface area (Å²) >= 11 is 0. The normalized spacial score (nSPS) is 16.8. The minimum atomic E-state index is -0.600. The lowest BCUT2D eigenvalue weighted by Gasteiger charge is -2.15. The van der Waals surface area contributed by atoms with Gasteiger partial charge in [-0.2, -0.15) is 4.98 Å². The number of aliphatic hydroxyl groups excluding tert-OH is 1. The van der Waals surface area contributed by atoms with Gasteiger partial charge in [-0.25, -0.2) is 0 Å². The van der Waals surface area contributed by atoms with E-state index in [0.29, 0.717) is 17.3 Å². The van der Waals surface area contributed by atoms with E-state index in [0.717, 1.165) is 29.5 Å². The standard InChI is InChI=1S/C21H21N3O3/c1-12(25)14-4-3-5-17(10-14)21(26)23-19-9-7-15-11-16(6-8-18(15)19)20-22-13(2)27-24-20/h3-6,8,10-12,19,25H,7,9H2,1-2H3,(H,23,26)/t12-,19+/m0/s1. The number of hydrogen-bond donors (Lipinski definition) is 2. The van der Waals surface area contributed by atoms with E-state index in [1.165, 1.54) is 5.56 Å². The van der Waals surface area contributed by atoms with Crippen LogP contribution in [0.2, 0.25) is 0 Å². The lowest BCUT2D eigenvalue weighted by molar-refractivity contribution is 0.0936. The average Bonchev–Trinajstić information content (AvgIpc) is 3.28. The third kappa shape index (κ3) is 3.48. The van der Waals surface area contributed by atoms with Gasteiger partial charge in [-0.3, -0.25) is 4.79 Å². The summed E-state index contributed by atoms with van der Waals surface area (Å²) in [5, 5.41) is 16.8. The predicted octanol–water partition coefficient (Wildman–Crippen LogP) is 3.52. The Balaban J connectivity index is 1.53. The second kappa shape index (κ2) is 6.96. The van der Waals surface area contributed by atoms with E-state index in [1.54, 1.807) is 32.0 Å². The summed E-state index contributed by atoms with van der Waals surface area (Å²) in [6, 6.07) is 13.1. The Labute approximate surface area is 157 Å². The van der Waals surface area contributed by atoms with Crippen molar-refractivity contribution >= 4 is 5.91 Å². The SMILES string of the molecule is Cc1nc(-c2ccc3c(c2)CC[C@H]3NC(=O)c2cccc([C@H](C)O)c2)no1. The van der Waals surface area contributed by atoms with E-state index < -0.39 is 6.10 Å². The number of aliphatic hydroxyl groups is 1. The molecule has 6 nitrogen and oxygen atoms in total. The summed E-state index contributed by atoms with van der Waals surface area (Å²) in [5.74, 6) is 0.987. The summed E-state index contributed by atoms with van der Waals surface area (Å²) in [5.41, 5.74) is 4.52. The topological polar surface area (TPSA) is 88.2 Å². The summed E-state index contributed by atoms with van der Waals surface area (Å²) in [6.45, 7) is 3.45. The van der Waals surface area contributed by atoms with Crippen molar-refractivity contribution in [1.82, 2.24) is 15.5 Å². The molecule has 2 aromatic carbocycles. The average molecular weight is 363 g/mol. The first-order chi connectivity index (χ1) is 13.0. The maximum Gasteiger partial charge on any atom is 0.251 e. The second-order valence-electron chi connectivity index (χ2n) is 6.92. The molecule has 2 atom stereocenters. The Morgan fingerprint density at radius 1 is 1.30 bits per heavy atom. The van der Waals surface area contributed by atoms with Gasteiger partial charge in [0.15, 0.2) is 0 Å². The molecule has 0 saturated heterocycles. The molecule has 1 amide bonds. The van der Waals surface area contributed by atoms with Gasteiger partial charge in [-0.05, 0) is 54.7 Å². The molecule has 0 spiro atoms. The molecule has 0 bridgehead atoms. The third-order valence-electron chi connectivity index (χ3n) is 4.94. The number of benzene rings is 2. The van der Waals surface area contributed by atoms with Gasteiger partial charge < -0.3 is 14.9 Å². The molecule has 1 aliphatic rings. The molecule has 0 saturated carbocycles. The first kappa shape index (κ1) is 17.4. The van der Waals surface area contributed by atoms with Crippen LogP contribution in [0.5, 0.6) is 0 Å². The molecular weight excluding hydrogens is 342 g/mol. The molecule has 6 heteroatoms. The van der Waals surface area contributed by atoms with Crippen LogP contribution >= 0.6 is 0 Å². The largest absolute Gasteiger partial charge is 0.389 e. The van der Waals surface area contributed by atoms with Gasteiger partial charge >= 0.3 is 0 Å². The number of nitrogens with zero attached hydrogens (tertiary/aromatic N) is 2. The fourth-order valence-corrected chi connectivity index (χ4v) is 3.50. The predicted molar refractivity (Wildman–Crippen MR) is 100 cm³/mol. The quantitative estimate of drug-likeness (QED) is 0.740. The highest BCUT2D eigenvalue weighted by Crippen LogP contribution is 2.34. The van der Waals surface area contributed by atoms with Crippen LogP contribution in [0.25, 0.3) is 11.4 Å². The lowest BCUT2D eigenvalue weighted by Crippen LogP contribution is -2.27. The lowest BCUT2D eigenvalue weighted by atomic mass is 10.0. The third-order valence-corrected chi connectivity index (χ3v) is 4.94. The molecule has 1 aromatic heterocycles. The van der Waals surface area contributed by atoms with Gasteiger partial charge in [-0.15, -0.1) is 0 Å². The molecule has 4 rings (SSSR count). The Hall–Kier alpha value is -2.99. The first-order valence-corrected chi connectivity index (χ1v) is 9.03. The van der Waals surface area contributed by atoms with Crippen LogP contribution in [0.15, 0.2) is 47.0 Å². The van der Waals surface area contributed by atoms with Crippen LogP contribution < -0.4 is 5.32 Å². The molecular formula is C21H21N3O3. The van der Waals surface area contributed by atoms with Gasteiger partial charge in [0.1, 0.15) is 0 Å². The highest BCUT2D eigenvalue weighted by atomic mass is 16.5. The minimum absolute atomic E-state index is 0.0243. The minimum Gasteiger partial charge on any atom is -0.389 e. The Kier molecular flexibility index (Phi) is 4.49. The molecule has 1 heterocycles. The van der Waals surface area contributed by atoms with Gasteiger partial charge in [-0.1, -0.05) is 29.4 Å². The van der Waals surface area contributed by atoms with Crippen molar-refractivity contribution in [2.24, 2.45) is 0 Å². The van der Waals surface area contributed by atoms with Crippen molar-refractivity contribution in [2.75, 3.05) is 0 Å². The van der Waals surface area contributed by atoms with Crippen LogP contribution in [0.1, 0.15) is 58.4 Å². The number of hydrogen-bond acceptors (Lipinski definition) is 5. The number of carbonyl (C=O) groups is 1. The van der Waals surface area contributed by atoms with E-state index in [9.17, 15) is 9.90 Å². The van der Waals surface area contributed by atoms with Crippen molar-refractivity contribution in [3.8, 4) is 11.4 Å². The Morgan fingerprint density at radius 2 is 2.15 bits per heavy atom. The van der Waals surface area contributed by atoms with Gasteiger partial charge in [0.25, 0.3) is 5.91 Å². The van der Waals surface area contributed by atoms with Crippen molar-refractivity contribution in [1.29, 1.82) is 0 Å². The molecule has 0 aliphatic heterocycles. The van der Waals surface area contributed by atoms with Crippen LogP contribution in [0.3, 0.4) is 0 Å². The summed E-state index contributed by atoms with van der Waals surface area (Å²) in [7, 11) is 0. The van der Waals surface area contributed by atoms with Gasteiger partial charge in [0.05, 0.1) is 12.1 Å². The monoisotopic (exact) mass is 363 g/mol. The smallest absolute Gasteiger partial charge is 0.251 e. The van der Waals surface area contributed by atoms with Crippen molar-refractivity contribution in [3.63, 3.8) is 0 Å². The molecule has 3 aromatic rings. The number of carbonyl (C=O) groups excluding carboxylic acids is 1. The van der Waals surface area contributed by atoms with Crippen LogP contribution in [0.4, 0.5) is 0 Å². The Morgan fingerprint density at radius 3 is 2.89 bits per heavy atom. The zero-order chi connectivity index (χ0) is 19.0. The van der Waals surface area contributed by atoms with Crippen molar-refractivity contribution in [2.45, 2.75) is 38.8 Å². The zero-order valence-electron chi connectivity index (χ0n) is 15.3. The zero-order valence-corrected chi connectivity index (χ0v) is 15.3. The molecule has 0 radical (unpaired) electrons. The first-order valence-electron chi connectivity index (χ1n) is 9.03. The van der Waals surface area contributed by atoms with Gasteiger partial charge in [0, 0.05) is 18.1 Å². The van der Waals surface area contributed by atoms with Crippen LogP contribution in [0, 0.1) is 6.92 Å². The van der Waals surface area contributed by atoms with Crippen molar-refractivity contribution < 1.29 is 14.4 Å². The maximum atomic E-state index is 12.7. The maximum absolute atomic E-state index is 12.7. The molecule has 2 N–H and O–H groups in total. The summed E-state index contributed by atoms with van der Waals surface area (Å²) < 4.78 is 5.05. The molecule has 138 valence electrons. The molecule has 0 unspecified atom stereocenters. The van der Waals surface area contributed by atoms with Crippen molar-refractivity contribution in [3.05, 3.63) is 70.6 Å². The van der Waals surface area contributed by atoms with E-state index in [-0.39, 0.29) is 11.9 Å². The second-order valence-corrected chi connectivity index (χ2v) is 6.92. The van der Waals surface area contributed by atoms with Gasteiger partial charge in [0.2, 0.25) is 11.7 Å². The molecule has 1 aliphatic carbocycles. The summed E-state index contributed by atoms with van der Waals surface area (Å²) in [4.78, 5) is 16.9. The number of amides is 1. The summed E-state index contributed by atoms with van der Waals surface area (Å²) in [6.07, 6.45) is 1.14. The van der Waals surface area contributed by atoms with Crippen LogP contribution in [-0.2, 0) is 6.42 Å². The Bertz CT molecular complexity index is 994. The molecule has 0 fully saturated rings. The fourth-order valence-electron chi connectivity index (χ4n) is 3.50. The van der Waals surface area contributed by atoms with E-state index in [2.05, 4.69) is 21.5 Å². The molecule has 27 heavy (non-hydrogen) atoms. The van der Waals surface area contributed by atoms with E-state index in [4.69, 9.17) is 4.52 Å². The number of nitrogens with one attached hydrogen (secondary N) is 1. The van der Waals surface area contributed by atoms with E-state index in [1.807, 2.05) is 18.2 Å². The fraction of sp³-hybridized carbons (Fsp3) is 0.286.